The standard InChI is InChI=1S/C15H19NOS/c1-18-15(17-14-10-6-3-7-11-14)16-12-13-8-4-2-5-9-13/h2,4-6,8-10,14H,3,7,11-12H2,1H3. The zero-order valence-electron chi connectivity index (χ0n) is 10.7. The fraction of sp³-hybridized carbons (Fsp3) is 0.400. The summed E-state index contributed by atoms with van der Waals surface area (Å²) < 4.78 is 5.89. The van der Waals surface area contributed by atoms with Crippen LogP contribution in [0.5, 0.6) is 0 Å². The van der Waals surface area contributed by atoms with Crippen LogP contribution in [-0.4, -0.2) is 17.6 Å². The molecular weight excluding hydrogens is 242 g/mol. The number of rotatable bonds is 3. The van der Waals surface area contributed by atoms with Crippen molar-refractivity contribution in [1.29, 1.82) is 0 Å². The first kappa shape index (κ1) is 13.2. The predicted octanol–water partition coefficient (Wildman–Crippen LogP) is 4.03. The van der Waals surface area contributed by atoms with Crippen molar-refractivity contribution in [2.24, 2.45) is 4.99 Å². The summed E-state index contributed by atoms with van der Waals surface area (Å²) in [5, 5.41) is 0.787. The summed E-state index contributed by atoms with van der Waals surface area (Å²) in [6.07, 6.45) is 10.1. The zero-order chi connectivity index (χ0) is 12.6. The van der Waals surface area contributed by atoms with E-state index in [0.717, 1.165) is 11.7 Å². The van der Waals surface area contributed by atoms with Gasteiger partial charge in [0.05, 0.1) is 6.54 Å². The number of nitrogens with zero attached hydrogens (tertiary/aromatic N) is 1. The molecule has 2 nitrogen and oxygen atoms in total. The lowest BCUT2D eigenvalue weighted by Gasteiger charge is -2.18. The van der Waals surface area contributed by atoms with Gasteiger partial charge in [0.2, 0.25) is 5.23 Å². The van der Waals surface area contributed by atoms with Crippen molar-refractivity contribution >= 4 is 17.0 Å². The third-order valence-corrected chi connectivity index (χ3v) is 3.45. The Morgan fingerprint density at radius 3 is 2.89 bits per heavy atom. The molecule has 1 aromatic rings. The van der Waals surface area contributed by atoms with Gasteiger partial charge in [-0.05, 0) is 37.2 Å². The van der Waals surface area contributed by atoms with E-state index in [0.29, 0.717) is 6.54 Å². The smallest absolute Gasteiger partial charge is 0.246 e. The average molecular weight is 261 g/mol. The molecule has 1 aliphatic rings. The van der Waals surface area contributed by atoms with Gasteiger partial charge in [-0.25, -0.2) is 4.99 Å². The zero-order valence-corrected chi connectivity index (χ0v) is 11.5. The SMILES string of the molecule is CSC(=NCc1ccccc1)OC1C=CCCC1. The lowest BCUT2D eigenvalue weighted by Crippen LogP contribution is -2.15. The second kappa shape index (κ2) is 7.27. The molecule has 0 heterocycles. The van der Waals surface area contributed by atoms with Crippen LogP contribution in [0.15, 0.2) is 47.5 Å². The Morgan fingerprint density at radius 2 is 2.22 bits per heavy atom. The summed E-state index contributed by atoms with van der Waals surface area (Å²) in [6, 6.07) is 10.3. The van der Waals surface area contributed by atoms with Crippen molar-refractivity contribution in [3.05, 3.63) is 48.0 Å². The Labute approximate surface area is 113 Å². The van der Waals surface area contributed by atoms with Crippen molar-refractivity contribution < 1.29 is 4.74 Å². The first-order valence-corrected chi connectivity index (χ1v) is 7.56. The van der Waals surface area contributed by atoms with Crippen LogP contribution < -0.4 is 0 Å². The van der Waals surface area contributed by atoms with Gasteiger partial charge in [0, 0.05) is 0 Å². The van der Waals surface area contributed by atoms with Gasteiger partial charge in [-0.3, -0.25) is 0 Å². The third kappa shape index (κ3) is 4.22. The Kier molecular flexibility index (Phi) is 5.34. The van der Waals surface area contributed by atoms with Crippen LogP contribution in [0, 0.1) is 0 Å². The summed E-state index contributed by atoms with van der Waals surface area (Å²) in [7, 11) is 0. The lowest BCUT2D eigenvalue weighted by molar-refractivity contribution is 0.223. The summed E-state index contributed by atoms with van der Waals surface area (Å²) in [5.74, 6) is 0. The molecule has 0 saturated carbocycles. The molecule has 0 spiro atoms. The summed E-state index contributed by atoms with van der Waals surface area (Å²) in [6.45, 7) is 0.688. The summed E-state index contributed by atoms with van der Waals surface area (Å²) in [4.78, 5) is 4.53. The van der Waals surface area contributed by atoms with Gasteiger partial charge >= 0.3 is 0 Å². The molecule has 0 aliphatic heterocycles. The molecule has 0 aromatic heterocycles. The maximum atomic E-state index is 5.89. The maximum absolute atomic E-state index is 5.89. The van der Waals surface area contributed by atoms with Crippen molar-refractivity contribution in [1.82, 2.24) is 0 Å². The Hall–Kier alpha value is -1.22. The normalized spacial score (nSPS) is 19.8. The van der Waals surface area contributed by atoms with E-state index in [1.807, 2.05) is 24.5 Å². The number of hydrogen-bond acceptors (Lipinski definition) is 3. The second-order valence-corrected chi connectivity index (χ2v) is 5.04. The minimum Gasteiger partial charge on any atom is -0.466 e. The highest BCUT2D eigenvalue weighted by molar-refractivity contribution is 8.12. The van der Waals surface area contributed by atoms with Crippen LogP contribution in [0.25, 0.3) is 0 Å². The van der Waals surface area contributed by atoms with Gasteiger partial charge in [0.15, 0.2) is 0 Å². The Bertz CT molecular complexity index is 414. The fourth-order valence-electron chi connectivity index (χ4n) is 1.90. The summed E-state index contributed by atoms with van der Waals surface area (Å²) >= 11 is 1.58. The molecule has 0 radical (unpaired) electrons. The van der Waals surface area contributed by atoms with Gasteiger partial charge in [0.25, 0.3) is 0 Å². The number of ether oxygens (including phenoxy) is 1. The van der Waals surface area contributed by atoms with Gasteiger partial charge in [-0.15, -0.1) is 0 Å². The first-order chi connectivity index (χ1) is 8.88. The summed E-state index contributed by atoms with van der Waals surface area (Å²) in [5.41, 5.74) is 1.21. The van der Waals surface area contributed by atoms with E-state index in [2.05, 4.69) is 29.3 Å². The molecule has 96 valence electrons. The molecule has 18 heavy (non-hydrogen) atoms. The minimum atomic E-state index is 0.209. The van der Waals surface area contributed by atoms with E-state index < -0.39 is 0 Å². The number of hydrogen-bond donors (Lipinski definition) is 0. The molecule has 1 atom stereocenters. The topological polar surface area (TPSA) is 21.6 Å². The Balaban J connectivity index is 1.91. The van der Waals surface area contributed by atoms with Crippen molar-refractivity contribution in [3.63, 3.8) is 0 Å². The molecule has 2 rings (SSSR count). The molecule has 3 heteroatoms. The highest BCUT2D eigenvalue weighted by Crippen LogP contribution is 2.16. The molecule has 0 N–H and O–H groups in total. The molecule has 1 aliphatic carbocycles. The van der Waals surface area contributed by atoms with Crippen LogP contribution in [0.1, 0.15) is 24.8 Å². The van der Waals surface area contributed by atoms with E-state index in [9.17, 15) is 0 Å². The molecule has 1 unspecified atom stereocenters. The van der Waals surface area contributed by atoms with Crippen LogP contribution in [-0.2, 0) is 11.3 Å². The van der Waals surface area contributed by atoms with Crippen molar-refractivity contribution in [2.45, 2.75) is 31.9 Å². The number of benzene rings is 1. The van der Waals surface area contributed by atoms with Crippen LogP contribution in [0.3, 0.4) is 0 Å². The fourth-order valence-corrected chi connectivity index (χ4v) is 2.31. The minimum absolute atomic E-state index is 0.209. The molecule has 0 saturated heterocycles. The Morgan fingerprint density at radius 1 is 1.39 bits per heavy atom. The van der Waals surface area contributed by atoms with Crippen LogP contribution in [0.2, 0.25) is 0 Å². The third-order valence-electron chi connectivity index (χ3n) is 2.87. The number of aliphatic imine (C=N–C) groups is 1. The quantitative estimate of drug-likeness (QED) is 0.465. The lowest BCUT2D eigenvalue weighted by atomic mass is 10.1. The van der Waals surface area contributed by atoms with Crippen molar-refractivity contribution in [2.75, 3.05) is 6.26 Å². The van der Waals surface area contributed by atoms with E-state index in [1.165, 1.54) is 18.4 Å². The average Bonchev–Trinajstić information content (AvgIpc) is 2.45. The van der Waals surface area contributed by atoms with Crippen LogP contribution >= 0.6 is 11.8 Å². The molecule has 0 amide bonds. The van der Waals surface area contributed by atoms with Crippen molar-refractivity contribution in [3.8, 4) is 0 Å². The molecular formula is C15H19NOS. The highest BCUT2D eigenvalue weighted by Gasteiger charge is 2.11. The highest BCUT2D eigenvalue weighted by atomic mass is 32.2. The first-order valence-electron chi connectivity index (χ1n) is 6.34. The maximum Gasteiger partial charge on any atom is 0.246 e. The van der Waals surface area contributed by atoms with Gasteiger partial charge in [0.1, 0.15) is 6.10 Å². The largest absolute Gasteiger partial charge is 0.466 e. The monoisotopic (exact) mass is 261 g/mol. The number of allylic oxidation sites excluding steroid dienone is 1. The molecule has 1 aromatic carbocycles. The van der Waals surface area contributed by atoms with E-state index in [-0.39, 0.29) is 6.10 Å². The van der Waals surface area contributed by atoms with Crippen LogP contribution in [0.4, 0.5) is 0 Å². The van der Waals surface area contributed by atoms with Gasteiger partial charge in [-0.2, -0.15) is 0 Å². The van der Waals surface area contributed by atoms with E-state index in [1.54, 1.807) is 11.8 Å². The van der Waals surface area contributed by atoms with E-state index >= 15 is 0 Å². The van der Waals surface area contributed by atoms with Gasteiger partial charge < -0.3 is 4.74 Å². The molecule has 0 fully saturated rings. The second-order valence-electron chi connectivity index (χ2n) is 4.29. The van der Waals surface area contributed by atoms with Gasteiger partial charge in [-0.1, -0.05) is 48.2 Å². The van der Waals surface area contributed by atoms with E-state index in [4.69, 9.17) is 4.74 Å². The predicted molar refractivity (Wildman–Crippen MR) is 79.0 cm³/mol. The number of thioether (sulfide) groups is 1. The molecule has 0 bridgehead atoms.